The first-order valence-corrected chi connectivity index (χ1v) is 12.0. The number of anilines is 2. The van der Waals surface area contributed by atoms with Gasteiger partial charge in [-0.3, -0.25) is 14.1 Å². The van der Waals surface area contributed by atoms with E-state index in [1.54, 1.807) is 42.1 Å². The van der Waals surface area contributed by atoms with Crippen molar-refractivity contribution in [2.45, 2.75) is 10.8 Å². The molecule has 0 radical (unpaired) electrons. The molecule has 1 aliphatic rings. The predicted molar refractivity (Wildman–Crippen MR) is 125 cm³/mol. The number of sulfonamides is 1. The number of amides is 1. The standard InChI is InChI=1S/C22H17N5O3S2/c1-27(19-4-2-3-11-23-19)32(29,30)15-7-5-14(6-8-15)24-12-16-20-17(26-22(16)28)9-10-18-21(20)31-13-25-18/h2-13,16H,1H3,(H,26,28). The van der Waals surface area contributed by atoms with Crippen molar-refractivity contribution in [2.75, 3.05) is 16.7 Å². The highest BCUT2D eigenvalue weighted by molar-refractivity contribution is 7.92. The first-order valence-electron chi connectivity index (χ1n) is 9.66. The Morgan fingerprint density at radius 1 is 1.09 bits per heavy atom. The van der Waals surface area contributed by atoms with E-state index in [0.29, 0.717) is 11.5 Å². The summed E-state index contributed by atoms with van der Waals surface area (Å²) in [7, 11) is -2.30. The highest BCUT2D eigenvalue weighted by Gasteiger charge is 2.31. The quantitative estimate of drug-likeness (QED) is 0.451. The molecule has 32 heavy (non-hydrogen) atoms. The van der Waals surface area contributed by atoms with Crippen LogP contribution in [0.5, 0.6) is 0 Å². The summed E-state index contributed by atoms with van der Waals surface area (Å²) in [6, 6.07) is 15.0. The van der Waals surface area contributed by atoms with Crippen LogP contribution in [0.3, 0.4) is 0 Å². The first kappa shape index (κ1) is 20.3. The van der Waals surface area contributed by atoms with Gasteiger partial charge in [-0.1, -0.05) is 6.07 Å². The molecule has 8 nitrogen and oxygen atoms in total. The van der Waals surface area contributed by atoms with Crippen LogP contribution < -0.4 is 9.62 Å². The second kappa shape index (κ2) is 7.81. The van der Waals surface area contributed by atoms with Crippen LogP contribution in [-0.4, -0.2) is 37.6 Å². The molecular weight excluding hydrogens is 446 g/mol. The number of aliphatic imine (C=N–C) groups is 1. The minimum Gasteiger partial charge on any atom is -0.325 e. The van der Waals surface area contributed by atoms with Crippen molar-refractivity contribution >= 4 is 60.9 Å². The number of carbonyl (C=O) groups is 1. The monoisotopic (exact) mass is 463 g/mol. The molecule has 0 saturated heterocycles. The van der Waals surface area contributed by atoms with E-state index < -0.39 is 15.9 Å². The first-order chi connectivity index (χ1) is 15.4. The number of carbonyl (C=O) groups excluding carboxylic acids is 1. The third-order valence-electron chi connectivity index (χ3n) is 5.23. The number of thiazole rings is 1. The molecule has 0 bridgehead atoms. The van der Waals surface area contributed by atoms with E-state index in [0.717, 1.165) is 25.8 Å². The van der Waals surface area contributed by atoms with Gasteiger partial charge in [0.25, 0.3) is 10.0 Å². The lowest BCUT2D eigenvalue weighted by Crippen LogP contribution is -2.27. The molecule has 1 atom stereocenters. The molecular formula is C22H17N5O3S2. The van der Waals surface area contributed by atoms with Crippen molar-refractivity contribution in [2.24, 2.45) is 4.99 Å². The number of rotatable bonds is 5. The van der Waals surface area contributed by atoms with Crippen molar-refractivity contribution in [3.05, 3.63) is 71.9 Å². The van der Waals surface area contributed by atoms with Gasteiger partial charge in [0.15, 0.2) is 0 Å². The molecule has 10 heteroatoms. The summed E-state index contributed by atoms with van der Waals surface area (Å²) in [4.78, 5) is 25.5. The van der Waals surface area contributed by atoms with Gasteiger partial charge in [-0.15, -0.1) is 11.3 Å². The zero-order chi connectivity index (χ0) is 22.3. The molecule has 5 rings (SSSR count). The van der Waals surface area contributed by atoms with Gasteiger partial charge < -0.3 is 5.32 Å². The summed E-state index contributed by atoms with van der Waals surface area (Å²) >= 11 is 1.48. The van der Waals surface area contributed by atoms with E-state index in [-0.39, 0.29) is 10.8 Å². The summed E-state index contributed by atoms with van der Waals surface area (Å²) in [6.07, 6.45) is 3.13. The Morgan fingerprint density at radius 2 is 1.91 bits per heavy atom. The fourth-order valence-corrected chi connectivity index (χ4v) is 5.56. The molecule has 0 aliphatic carbocycles. The molecule has 0 spiro atoms. The number of hydrogen-bond acceptors (Lipinski definition) is 7. The lowest BCUT2D eigenvalue weighted by molar-refractivity contribution is -0.115. The summed E-state index contributed by atoms with van der Waals surface area (Å²) < 4.78 is 27.8. The Morgan fingerprint density at radius 3 is 2.66 bits per heavy atom. The Bertz CT molecular complexity index is 1450. The molecule has 160 valence electrons. The van der Waals surface area contributed by atoms with Crippen molar-refractivity contribution < 1.29 is 13.2 Å². The molecule has 0 saturated carbocycles. The lowest BCUT2D eigenvalue weighted by atomic mass is 10.0. The summed E-state index contributed by atoms with van der Waals surface area (Å²) in [5.74, 6) is -0.358. The molecule has 1 amide bonds. The number of nitrogens with zero attached hydrogens (tertiary/aromatic N) is 4. The van der Waals surface area contributed by atoms with Crippen molar-refractivity contribution in [3.63, 3.8) is 0 Å². The van der Waals surface area contributed by atoms with Gasteiger partial charge in [-0.05, 0) is 48.5 Å². The summed E-state index contributed by atoms with van der Waals surface area (Å²) in [6.45, 7) is 0. The van der Waals surface area contributed by atoms with Gasteiger partial charge in [0.05, 0.1) is 26.3 Å². The van der Waals surface area contributed by atoms with Crippen LogP contribution in [0, 0.1) is 0 Å². The van der Waals surface area contributed by atoms with Crippen LogP contribution in [0.1, 0.15) is 11.5 Å². The van der Waals surface area contributed by atoms with Crippen LogP contribution in [0.25, 0.3) is 10.2 Å². The lowest BCUT2D eigenvalue weighted by Gasteiger charge is -2.18. The Balaban J connectivity index is 1.40. The summed E-state index contributed by atoms with van der Waals surface area (Å²) in [5.41, 5.74) is 4.78. The number of fused-ring (bicyclic) bond motifs is 3. The molecule has 1 N–H and O–H groups in total. The number of hydrogen-bond donors (Lipinski definition) is 1. The van der Waals surface area contributed by atoms with E-state index in [1.807, 2.05) is 12.1 Å². The normalized spacial score (nSPS) is 15.8. The molecule has 3 heterocycles. The van der Waals surface area contributed by atoms with E-state index in [2.05, 4.69) is 20.3 Å². The molecule has 0 fully saturated rings. The van der Waals surface area contributed by atoms with E-state index in [9.17, 15) is 13.2 Å². The second-order valence-corrected chi connectivity index (χ2v) is 9.95. The van der Waals surface area contributed by atoms with Crippen LogP contribution in [-0.2, 0) is 14.8 Å². The largest absolute Gasteiger partial charge is 0.325 e. The number of nitrogens with one attached hydrogen (secondary N) is 1. The Labute approximate surface area is 188 Å². The van der Waals surface area contributed by atoms with Crippen LogP contribution in [0.4, 0.5) is 17.2 Å². The second-order valence-electron chi connectivity index (χ2n) is 7.13. The van der Waals surface area contributed by atoms with Gasteiger partial charge in [0.2, 0.25) is 5.91 Å². The fourth-order valence-electron chi connectivity index (χ4n) is 3.54. The average Bonchev–Trinajstić information content (AvgIpc) is 3.41. The smallest absolute Gasteiger partial charge is 0.265 e. The fraction of sp³-hybridized carbons (Fsp3) is 0.0909. The minimum atomic E-state index is -3.76. The highest BCUT2D eigenvalue weighted by Crippen LogP contribution is 2.39. The zero-order valence-corrected chi connectivity index (χ0v) is 18.5. The van der Waals surface area contributed by atoms with E-state index >= 15 is 0 Å². The van der Waals surface area contributed by atoms with Gasteiger partial charge >= 0.3 is 0 Å². The number of aromatic nitrogens is 2. The molecule has 4 aromatic rings. The maximum Gasteiger partial charge on any atom is 0.265 e. The zero-order valence-electron chi connectivity index (χ0n) is 16.8. The Kier molecular flexibility index (Phi) is 4.95. The third-order valence-corrected chi connectivity index (χ3v) is 7.88. The molecule has 1 aliphatic heterocycles. The SMILES string of the molecule is CN(c1ccccn1)S(=O)(=O)c1ccc(N=CC2C(=O)Nc3ccc4ncsc4c32)cc1. The van der Waals surface area contributed by atoms with Crippen molar-refractivity contribution in [1.29, 1.82) is 0 Å². The molecule has 2 aromatic carbocycles. The van der Waals surface area contributed by atoms with Crippen LogP contribution in [0.15, 0.2) is 76.2 Å². The highest BCUT2D eigenvalue weighted by atomic mass is 32.2. The Hall–Kier alpha value is -3.63. The maximum atomic E-state index is 12.9. The van der Waals surface area contributed by atoms with E-state index in [4.69, 9.17) is 0 Å². The van der Waals surface area contributed by atoms with Crippen molar-refractivity contribution in [1.82, 2.24) is 9.97 Å². The van der Waals surface area contributed by atoms with Gasteiger partial charge in [-0.2, -0.15) is 0 Å². The van der Waals surface area contributed by atoms with Gasteiger partial charge in [-0.25, -0.2) is 18.4 Å². The van der Waals surface area contributed by atoms with Gasteiger partial charge in [0.1, 0.15) is 11.7 Å². The third kappa shape index (κ3) is 3.43. The van der Waals surface area contributed by atoms with E-state index in [1.165, 1.54) is 36.7 Å². The van der Waals surface area contributed by atoms with Gasteiger partial charge in [0, 0.05) is 30.7 Å². The van der Waals surface area contributed by atoms with Crippen LogP contribution in [0.2, 0.25) is 0 Å². The van der Waals surface area contributed by atoms with Crippen LogP contribution >= 0.6 is 11.3 Å². The number of benzene rings is 2. The average molecular weight is 464 g/mol. The van der Waals surface area contributed by atoms with Crippen molar-refractivity contribution in [3.8, 4) is 0 Å². The summed E-state index contributed by atoms with van der Waals surface area (Å²) in [5, 5.41) is 2.88. The number of pyridine rings is 1. The topological polar surface area (TPSA) is 105 Å². The maximum absolute atomic E-state index is 12.9. The molecule has 1 unspecified atom stereocenters. The predicted octanol–water partition coefficient (Wildman–Crippen LogP) is 3.95. The minimum absolute atomic E-state index is 0.125. The molecule has 2 aromatic heterocycles.